The first-order valence-corrected chi connectivity index (χ1v) is 12.0. The molecule has 0 radical (unpaired) electrons. The molecule has 36 heavy (non-hydrogen) atoms. The van der Waals surface area contributed by atoms with Crippen LogP contribution in [0.5, 0.6) is 0 Å². The number of piperidine rings is 1. The van der Waals surface area contributed by atoms with Crippen molar-refractivity contribution in [1.29, 1.82) is 0 Å². The molecule has 2 saturated heterocycles. The lowest BCUT2D eigenvalue weighted by Gasteiger charge is -2.44. The Morgan fingerprint density at radius 2 is 1.81 bits per heavy atom. The summed E-state index contributed by atoms with van der Waals surface area (Å²) in [6.45, 7) is 1.49. The highest BCUT2D eigenvalue weighted by atomic mass is 19.4. The predicted octanol–water partition coefficient (Wildman–Crippen LogP) is 4.70. The van der Waals surface area contributed by atoms with Crippen molar-refractivity contribution in [2.24, 2.45) is 0 Å². The molecule has 1 saturated carbocycles. The maximum absolute atomic E-state index is 13.7. The summed E-state index contributed by atoms with van der Waals surface area (Å²) in [7, 11) is 0. The van der Waals surface area contributed by atoms with Crippen LogP contribution >= 0.6 is 0 Å². The summed E-state index contributed by atoms with van der Waals surface area (Å²) in [6, 6.07) is 2.78. The highest BCUT2D eigenvalue weighted by molar-refractivity contribution is 5.94. The summed E-state index contributed by atoms with van der Waals surface area (Å²) in [5.74, 6) is -0.257. The van der Waals surface area contributed by atoms with E-state index in [4.69, 9.17) is 0 Å². The Morgan fingerprint density at radius 3 is 2.42 bits per heavy atom. The molecule has 1 unspecified atom stereocenters. The number of carbonyl (C=O) groups excluding carboxylic acids is 2. The number of fused-ring (bicyclic) bond motifs is 1. The number of carbonyl (C=O) groups is 2. The van der Waals surface area contributed by atoms with E-state index >= 15 is 0 Å². The maximum Gasteiger partial charge on any atom is 0.425 e. The Hall–Kier alpha value is -2.99. The van der Waals surface area contributed by atoms with Crippen molar-refractivity contribution in [3.8, 4) is 0 Å². The Kier molecular flexibility index (Phi) is 6.06. The molecule has 2 amide bonds. The van der Waals surface area contributed by atoms with Crippen LogP contribution < -0.4 is 0 Å². The van der Waals surface area contributed by atoms with Gasteiger partial charge in [-0.2, -0.15) is 18.3 Å². The van der Waals surface area contributed by atoms with Crippen LogP contribution in [0, 0.1) is 0 Å². The molecule has 13 heteroatoms. The van der Waals surface area contributed by atoms with E-state index in [1.165, 1.54) is 17.0 Å². The van der Waals surface area contributed by atoms with Crippen LogP contribution in [0.2, 0.25) is 0 Å². The van der Waals surface area contributed by atoms with Gasteiger partial charge in [-0.3, -0.25) is 4.79 Å². The zero-order valence-electron chi connectivity index (χ0n) is 19.6. The van der Waals surface area contributed by atoms with Crippen LogP contribution in [0.15, 0.2) is 12.1 Å². The lowest BCUT2D eigenvalue weighted by molar-refractivity contribution is -0.200. The smallest absolute Gasteiger partial charge is 0.425 e. The fourth-order valence-corrected chi connectivity index (χ4v) is 5.18. The molecule has 3 fully saturated rings. The SMILES string of the molecule is CC(OC(=O)N1CCC2(CCCN2C(=O)c2cc3nc(C4CC4)cc(C(F)F)n3n2)CC1)C(F)(F)F. The molecule has 2 aliphatic heterocycles. The molecule has 3 aliphatic rings. The average Bonchev–Trinajstić information content (AvgIpc) is 3.46. The molecule has 1 atom stereocenters. The minimum Gasteiger partial charge on any atom is -0.437 e. The van der Waals surface area contributed by atoms with Crippen molar-refractivity contribution in [3.05, 3.63) is 29.2 Å². The van der Waals surface area contributed by atoms with Gasteiger partial charge in [0.1, 0.15) is 5.69 Å². The van der Waals surface area contributed by atoms with Gasteiger partial charge in [0.05, 0.1) is 0 Å². The van der Waals surface area contributed by atoms with Crippen LogP contribution in [0.4, 0.5) is 26.7 Å². The van der Waals surface area contributed by atoms with Crippen LogP contribution in [0.1, 0.15) is 79.7 Å². The number of nitrogens with zero attached hydrogens (tertiary/aromatic N) is 5. The Balaban J connectivity index is 1.32. The van der Waals surface area contributed by atoms with Gasteiger partial charge in [-0.25, -0.2) is 23.1 Å². The van der Waals surface area contributed by atoms with Gasteiger partial charge in [0.25, 0.3) is 12.3 Å². The topological polar surface area (TPSA) is 80.0 Å². The summed E-state index contributed by atoms with van der Waals surface area (Å²) in [5, 5.41) is 4.17. The molecule has 4 heterocycles. The quantitative estimate of drug-likeness (QED) is 0.552. The molecule has 0 bridgehead atoms. The van der Waals surface area contributed by atoms with Crippen molar-refractivity contribution in [2.75, 3.05) is 19.6 Å². The number of alkyl halides is 5. The van der Waals surface area contributed by atoms with Gasteiger partial charge in [0.2, 0.25) is 0 Å². The van der Waals surface area contributed by atoms with E-state index in [2.05, 4.69) is 14.8 Å². The first-order valence-electron chi connectivity index (χ1n) is 12.0. The highest BCUT2D eigenvalue weighted by Crippen LogP contribution is 2.41. The van der Waals surface area contributed by atoms with E-state index in [9.17, 15) is 31.5 Å². The number of amides is 2. The Morgan fingerprint density at radius 1 is 1.11 bits per heavy atom. The monoisotopic (exact) mass is 515 g/mol. The lowest BCUT2D eigenvalue weighted by Crippen LogP contribution is -2.55. The van der Waals surface area contributed by atoms with Gasteiger partial charge in [-0.15, -0.1) is 0 Å². The van der Waals surface area contributed by atoms with Gasteiger partial charge in [0.15, 0.2) is 17.4 Å². The second-order valence-corrected chi connectivity index (χ2v) is 9.82. The molecule has 1 aliphatic carbocycles. The van der Waals surface area contributed by atoms with Crippen molar-refractivity contribution < 1.29 is 36.3 Å². The Bertz CT molecular complexity index is 1170. The van der Waals surface area contributed by atoms with Crippen LogP contribution in [0.3, 0.4) is 0 Å². The molecule has 196 valence electrons. The van der Waals surface area contributed by atoms with Crippen molar-refractivity contribution in [2.45, 2.75) is 75.6 Å². The molecule has 8 nitrogen and oxygen atoms in total. The first-order chi connectivity index (χ1) is 17.0. The Labute approximate surface area is 203 Å². The number of likely N-dealkylation sites (tertiary alicyclic amines) is 2. The van der Waals surface area contributed by atoms with E-state index in [1.807, 2.05) is 0 Å². The van der Waals surface area contributed by atoms with Crippen molar-refractivity contribution in [1.82, 2.24) is 24.4 Å². The molecular weight excluding hydrogens is 489 g/mol. The second-order valence-electron chi connectivity index (χ2n) is 9.82. The normalized spacial score (nSPS) is 21.0. The third kappa shape index (κ3) is 4.47. The number of halogens is 5. The fourth-order valence-electron chi connectivity index (χ4n) is 5.18. The zero-order valence-corrected chi connectivity index (χ0v) is 19.6. The van der Waals surface area contributed by atoms with Gasteiger partial charge < -0.3 is 14.5 Å². The summed E-state index contributed by atoms with van der Waals surface area (Å²) < 4.78 is 71.2. The summed E-state index contributed by atoms with van der Waals surface area (Å²) >= 11 is 0. The third-order valence-electron chi connectivity index (χ3n) is 7.45. The molecule has 2 aromatic heterocycles. The second kappa shape index (κ2) is 8.84. The lowest BCUT2D eigenvalue weighted by atomic mass is 9.85. The molecule has 2 aromatic rings. The number of hydrogen-bond acceptors (Lipinski definition) is 5. The fraction of sp³-hybridized carbons (Fsp3) is 0.652. The van der Waals surface area contributed by atoms with Gasteiger partial charge in [-0.1, -0.05) is 0 Å². The third-order valence-corrected chi connectivity index (χ3v) is 7.45. The number of rotatable bonds is 4. The number of ether oxygens (including phenoxy) is 1. The van der Waals surface area contributed by atoms with Crippen molar-refractivity contribution in [3.63, 3.8) is 0 Å². The number of hydrogen-bond donors (Lipinski definition) is 0. The van der Waals surface area contributed by atoms with Gasteiger partial charge >= 0.3 is 12.3 Å². The molecule has 0 aromatic carbocycles. The van der Waals surface area contributed by atoms with Gasteiger partial charge in [0, 0.05) is 42.9 Å². The van der Waals surface area contributed by atoms with Crippen LogP contribution in [-0.2, 0) is 4.74 Å². The standard InChI is InChI=1S/C23H26F5N5O3/c1-13(23(26,27)28)36-21(35)31-9-6-22(7-10-31)5-2-8-32(22)20(34)16-12-18-29-15(14-3-4-14)11-17(19(24)25)33(18)30-16/h11-14,19H,2-10H2,1H3. The molecular formula is C23H26F5N5O3. The van der Waals surface area contributed by atoms with E-state index in [1.54, 1.807) is 4.90 Å². The van der Waals surface area contributed by atoms with Crippen LogP contribution in [-0.4, -0.2) is 73.9 Å². The van der Waals surface area contributed by atoms with E-state index in [0.717, 1.165) is 24.3 Å². The molecule has 1 spiro atoms. The molecule has 5 rings (SSSR count). The zero-order chi connectivity index (χ0) is 25.8. The summed E-state index contributed by atoms with van der Waals surface area (Å²) in [6.07, 6.45) is -6.78. The maximum atomic E-state index is 13.7. The van der Waals surface area contributed by atoms with Gasteiger partial charge in [-0.05, 0) is 51.5 Å². The molecule has 0 N–H and O–H groups in total. The predicted molar refractivity (Wildman–Crippen MR) is 116 cm³/mol. The van der Waals surface area contributed by atoms with E-state index in [0.29, 0.717) is 37.9 Å². The first kappa shape index (κ1) is 24.7. The minimum absolute atomic E-state index is 0.0134. The summed E-state index contributed by atoms with van der Waals surface area (Å²) in [4.78, 5) is 33.0. The highest BCUT2D eigenvalue weighted by Gasteiger charge is 2.48. The number of aromatic nitrogens is 3. The van der Waals surface area contributed by atoms with Crippen molar-refractivity contribution >= 4 is 17.6 Å². The van der Waals surface area contributed by atoms with E-state index < -0.39 is 36.2 Å². The van der Waals surface area contributed by atoms with E-state index in [-0.39, 0.29) is 36.0 Å². The summed E-state index contributed by atoms with van der Waals surface area (Å²) in [5.41, 5.74) is -0.107. The minimum atomic E-state index is -4.64. The van der Waals surface area contributed by atoms with Crippen LogP contribution in [0.25, 0.3) is 5.65 Å². The largest absolute Gasteiger partial charge is 0.437 e. The average molecular weight is 515 g/mol.